The van der Waals surface area contributed by atoms with Crippen LogP contribution in [0.2, 0.25) is 0 Å². The Morgan fingerprint density at radius 3 is 2.56 bits per heavy atom. The average Bonchev–Trinajstić information content (AvgIpc) is 3.10. The Labute approximate surface area is 161 Å². The van der Waals surface area contributed by atoms with Crippen molar-refractivity contribution in [2.75, 3.05) is 25.0 Å². The zero-order valence-electron chi connectivity index (χ0n) is 15.4. The SMILES string of the molecule is CC(O)c1cnc(CN(C)C2CCN(c3ccccc3C(F)(F)F)CC2)s1. The molecule has 1 fully saturated rings. The van der Waals surface area contributed by atoms with Gasteiger partial charge in [-0.1, -0.05) is 12.1 Å². The molecule has 2 heterocycles. The second-order valence-corrected chi connectivity index (χ2v) is 8.13. The number of thiazole rings is 1. The lowest BCUT2D eigenvalue weighted by atomic mass is 10.0. The lowest BCUT2D eigenvalue weighted by molar-refractivity contribution is -0.137. The molecule has 0 spiro atoms. The number of alkyl halides is 3. The van der Waals surface area contributed by atoms with E-state index in [9.17, 15) is 18.3 Å². The molecule has 4 nitrogen and oxygen atoms in total. The third-order valence-electron chi connectivity index (χ3n) is 5.01. The van der Waals surface area contributed by atoms with Crippen molar-refractivity contribution < 1.29 is 18.3 Å². The minimum absolute atomic E-state index is 0.271. The summed E-state index contributed by atoms with van der Waals surface area (Å²) in [6.45, 7) is 3.59. The largest absolute Gasteiger partial charge is 0.418 e. The van der Waals surface area contributed by atoms with Crippen LogP contribution in [-0.4, -0.2) is 41.2 Å². The van der Waals surface area contributed by atoms with E-state index in [4.69, 9.17) is 0 Å². The van der Waals surface area contributed by atoms with Crippen molar-refractivity contribution in [2.45, 2.75) is 44.6 Å². The molecule has 1 atom stereocenters. The van der Waals surface area contributed by atoms with E-state index < -0.39 is 17.8 Å². The summed E-state index contributed by atoms with van der Waals surface area (Å²) in [5.41, 5.74) is -0.294. The van der Waals surface area contributed by atoms with Gasteiger partial charge in [0.1, 0.15) is 5.01 Å². The Morgan fingerprint density at radius 2 is 1.96 bits per heavy atom. The van der Waals surface area contributed by atoms with Gasteiger partial charge in [-0.2, -0.15) is 13.2 Å². The predicted octanol–water partition coefficient (Wildman–Crippen LogP) is 4.32. The Morgan fingerprint density at radius 1 is 1.30 bits per heavy atom. The lowest BCUT2D eigenvalue weighted by Gasteiger charge is -2.38. The average molecular weight is 399 g/mol. The van der Waals surface area contributed by atoms with Gasteiger partial charge in [-0.3, -0.25) is 4.90 Å². The monoisotopic (exact) mass is 399 g/mol. The van der Waals surface area contributed by atoms with Crippen molar-refractivity contribution in [1.29, 1.82) is 0 Å². The van der Waals surface area contributed by atoms with Gasteiger partial charge in [0.25, 0.3) is 0 Å². The number of rotatable bonds is 5. The first-order valence-electron chi connectivity index (χ1n) is 9.00. The van der Waals surface area contributed by atoms with Gasteiger partial charge in [-0.15, -0.1) is 11.3 Å². The van der Waals surface area contributed by atoms with Crippen molar-refractivity contribution in [3.8, 4) is 0 Å². The number of halogens is 3. The molecule has 1 aromatic heterocycles. The fraction of sp³-hybridized carbons (Fsp3) is 0.526. The maximum atomic E-state index is 13.3. The summed E-state index contributed by atoms with van der Waals surface area (Å²) in [5.74, 6) is 0. The summed E-state index contributed by atoms with van der Waals surface area (Å²) in [4.78, 5) is 9.24. The number of hydrogen-bond donors (Lipinski definition) is 1. The van der Waals surface area contributed by atoms with Gasteiger partial charge >= 0.3 is 6.18 Å². The maximum absolute atomic E-state index is 13.3. The standard InChI is InChI=1S/C19H24F3N3OS/c1-13(26)17-11-23-18(27-17)12-24(2)14-7-9-25(10-8-14)16-6-4-3-5-15(16)19(20,21)22/h3-6,11,13-14,26H,7-10,12H2,1-2H3. The van der Waals surface area contributed by atoms with Crippen molar-refractivity contribution in [3.63, 3.8) is 0 Å². The van der Waals surface area contributed by atoms with E-state index in [1.54, 1.807) is 25.3 Å². The third-order valence-corrected chi connectivity index (χ3v) is 6.16. The molecule has 27 heavy (non-hydrogen) atoms. The molecule has 0 aliphatic carbocycles. The summed E-state index contributed by atoms with van der Waals surface area (Å²) in [6, 6.07) is 6.10. The third kappa shape index (κ3) is 4.80. The van der Waals surface area contributed by atoms with Crippen molar-refractivity contribution in [2.24, 2.45) is 0 Å². The van der Waals surface area contributed by atoms with Gasteiger partial charge in [0, 0.05) is 31.0 Å². The molecule has 1 saturated heterocycles. The molecule has 0 amide bonds. The summed E-state index contributed by atoms with van der Waals surface area (Å²) >= 11 is 1.50. The first-order valence-corrected chi connectivity index (χ1v) is 9.81. The summed E-state index contributed by atoms with van der Waals surface area (Å²) < 4.78 is 39.8. The summed E-state index contributed by atoms with van der Waals surface area (Å²) in [5, 5.41) is 10.6. The predicted molar refractivity (Wildman–Crippen MR) is 101 cm³/mol. The smallest absolute Gasteiger partial charge is 0.388 e. The van der Waals surface area contributed by atoms with Gasteiger partial charge in [-0.05, 0) is 38.9 Å². The Bertz CT molecular complexity index is 755. The van der Waals surface area contributed by atoms with E-state index in [2.05, 4.69) is 9.88 Å². The molecule has 8 heteroatoms. The highest BCUT2D eigenvalue weighted by atomic mass is 32.1. The van der Waals surface area contributed by atoms with Crippen LogP contribution in [-0.2, 0) is 12.7 Å². The minimum Gasteiger partial charge on any atom is -0.388 e. The molecule has 1 unspecified atom stereocenters. The highest BCUT2D eigenvalue weighted by Gasteiger charge is 2.35. The van der Waals surface area contributed by atoms with Gasteiger partial charge in [0.05, 0.1) is 23.1 Å². The maximum Gasteiger partial charge on any atom is 0.418 e. The molecule has 3 rings (SSSR count). The van der Waals surface area contributed by atoms with Crippen LogP contribution in [0.1, 0.15) is 41.3 Å². The van der Waals surface area contributed by atoms with Gasteiger partial charge in [0.2, 0.25) is 0 Å². The molecule has 2 aromatic rings. The Balaban J connectivity index is 1.60. The molecule has 1 aromatic carbocycles. The van der Waals surface area contributed by atoms with E-state index in [1.165, 1.54) is 17.4 Å². The van der Waals surface area contributed by atoms with Crippen molar-refractivity contribution in [1.82, 2.24) is 9.88 Å². The van der Waals surface area contributed by atoms with Crippen LogP contribution in [0.4, 0.5) is 18.9 Å². The van der Waals surface area contributed by atoms with E-state index in [0.29, 0.717) is 25.7 Å². The number of benzene rings is 1. The van der Waals surface area contributed by atoms with Crippen LogP contribution < -0.4 is 4.90 Å². The second-order valence-electron chi connectivity index (χ2n) is 6.98. The summed E-state index contributed by atoms with van der Waals surface area (Å²) in [6.07, 6.45) is -1.54. The van der Waals surface area contributed by atoms with E-state index >= 15 is 0 Å². The number of para-hydroxylation sites is 1. The van der Waals surface area contributed by atoms with Gasteiger partial charge < -0.3 is 10.0 Å². The Hall–Kier alpha value is -1.64. The number of aromatic nitrogens is 1. The fourth-order valence-electron chi connectivity index (χ4n) is 3.47. The van der Waals surface area contributed by atoms with Crippen LogP contribution in [0.5, 0.6) is 0 Å². The van der Waals surface area contributed by atoms with Crippen LogP contribution in [0, 0.1) is 0 Å². The minimum atomic E-state index is -4.34. The lowest BCUT2D eigenvalue weighted by Crippen LogP contribution is -2.43. The number of aliphatic hydroxyl groups excluding tert-OH is 1. The first kappa shape index (κ1) is 20.1. The van der Waals surface area contributed by atoms with E-state index in [0.717, 1.165) is 28.8 Å². The molecule has 1 aliphatic rings. The second kappa shape index (κ2) is 8.16. The van der Waals surface area contributed by atoms with E-state index in [-0.39, 0.29) is 5.69 Å². The number of piperidine rings is 1. The van der Waals surface area contributed by atoms with Crippen LogP contribution in [0.3, 0.4) is 0 Å². The molecule has 148 valence electrons. The molecule has 0 saturated carbocycles. The fourth-order valence-corrected chi connectivity index (χ4v) is 4.39. The van der Waals surface area contributed by atoms with Gasteiger partial charge in [0.15, 0.2) is 0 Å². The van der Waals surface area contributed by atoms with Gasteiger partial charge in [-0.25, -0.2) is 4.98 Å². The van der Waals surface area contributed by atoms with Crippen molar-refractivity contribution >= 4 is 17.0 Å². The highest BCUT2D eigenvalue weighted by molar-refractivity contribution is 7.11. The molecule has 1 N–H and O–H groups in total. The van der Waals surface area contributed by atoms with Crippen LogP contribution in [0.15, 0.2) is 30.5 Å². The number of hydrogen-bond acceptors (Lipinski definition) is 5. The van der Waals surface area contributed by atoms with Crippen molar-refractivity contribution in [3.05, 3.63) is 45.9 Å². The number of nitrogens with zero attached hydrogens (tertiary/aromatic N) is 3. The van der Waals surface area contributed by atoms with E-state index in [1.807, 2.05) is 11.9 Å². The van der Waals surface area contributed by atoms with Crippen LogP contribution in [0.25, 0.3) is 0 Å². The molecule has 0 radical (unpaired) electrons. The van der Waals surface area contributed by atoms with Crippen LogP contribution >= 0.6 is 11.3 Å². The molecular weight excluding hydrogens is 375 g/mol. The number of aliphatic hydroxyl groups is 1. The highest BCUT2D eigenvalue weighted by Crippen LogP contribution is 2.37. The first-order chi connectivity index (χ1) is 12.8. The molecular formula is C19H24F3N3OS. The topological polar surface area (TPSA) is 39.6 Å². The zero-order valence-corrected chi connectivity index (χ0v) is 16.2. The quantitative estimate of drug-likeness (QED) is 0.813. The Kier molecular flexibility index (Phi) is 6.08. The number of anilines is 1. The molecule has 1 aliphatic heterocycles. The summed E-state index contributed by atoms with van der Waals surface area (Å²) in [7, 11) is 2.02. The normalized spacial score (nSPS) is 17.5. The zero-order chi connectivity index (χ0) is 19.6. The molecule has 0 bridgehead atoms.